The maximum atomic E-state index is 12.6. The number of benzene rings is 1. The second kappa shape index (κ2) is 2.95. The summed E-state index contributed by atoms with van der Waals surface area (Å²) in [6, 6.07) is 8.77. The van der Waals surface area contributed by atoms with Gasteiger partial charge in [0.05, 0.1) is 24.3 Å². The molecule has 2 nitrogen and oxygen atoms in total. The first-order valence-electron chi connectivity index (χ1n) is 4.24. The van der Waals surface area contributed by atoms with E-state index < -0.39 is 5.92 Å². The molecule has 0 N–H and O–H groups in total. The maximum absolute atomic E-state index is 12.6. The van der Waals surface area contributed by atoms with Gasteiger partial charge in [0.15, 0.2) is 0 Å². The molecule has 14 heavy (non-hydrogen) atoms. The van der Waals surface area contributed by atoms with Crippen molar-refractivity contribution in [3.05, 3.63) is 29.8 Å². The summed E-state index contributed by atoms with van der Waals surface area (Å²) in [5.74, 6) is -2.59. The van der Waals surface area contributed by atoms with Gasteiger partial charge < -0.3 is 4.90 Å². The minimum absolute atomic E-state index is 0.286. The van der Waals surface area contributed by atoms with E-state index in [1.807, 2.05) is 6.07 Å². The highest BCUT2D eigenvalue weighted by molar-refractivity contribution is 5.61. The summed E-state index contributed by atoms with van der Waals surface area (Å²) in [7, 11) is 0. The summed E-state index contributed by atoms with van der Waals surface area (Å²) in [4.78, 5) is 1.51. The Labute approximate surface area is 80.4 Å². The first kappa shape index (κ1) is 8.95. The van der Waals surface area contributed by atoms with Crippen molar-refractivity contribution in [3.63, 3.8) is 0 Å². The fraction of sp³-hybridized carbons (Fsp3) is 0.300. The lowest BCUT2D eigenvalue weighted by Crippen LogP contribution is -2.56. The molecule has 1 aromatic rings. The van der Waals surface area contributed by atoms with E-state index in [1.54, 1.807) is 24.3 Å². The highest BCUT2D eigenvalue weighted by atomic mass is 19.3. The number of nitrogens with zero attached hydrogens (tertiary/aromatic N) is 2. The van der Waals surface area contributed by atoms with Crippen LogP contribution in [0.3, 0.4) is 0 Å². The molecule has 0 saturated carbocycles. The van der Waals surface area contributed by atoms with Gasteiger partial charge in [-0.15, -0.1) is 0 Å². The van der Waals surface area contributed by atoms with Gasteiger partial charge >= 0.3 is 0 Å². The maximum Gasteiger partial charge on any atom is 0.282 e. The van der Waals surface area contributed by atoms with Gasteiger partial charge in [0, 0.05) is 0 Å². The van der Waals surface area contributed by atoms with Crippen LogP contribution in [0.25, 0.3) is 0 Å². The molecular weight excluding hydrogens is 186 g/mol. The fourth-order valence-electron chi connectivity index (χ4n) is 1.53. The van der Waals surface area contributed by atoms with Crippen LogP contribution in [-0.2, 0) is 0 Å². The minimum atomic E-state index is -2.59. The van der Waals surface area contributed by atoms with Crippen LogP contribution in [0, 0.1) is 11.3 Å². The first-order valence-corrected chi connectivity index (χ1v) is 4.24. The van der Waals surface area contributed by atoms with E-state index in [-0.39, 0.29) is 13.1 Å². The van der Waals surface area contributed by atoms with Crippen molar-refractivity contribution in [1.82, 2.24) is 0 Å². The number of halogens is 2. The average Bonchev–Trinajstić information content (AvgIpc) is 2.14. The van der Waals surface area contributed by atoms with E-state index in [9.17, 15) is 8.78 Å². The average molecular weight is 194 g/mol. The zero-order chi connectivity index (χ0) is 10.2. The van der Waals surface area contributed by atoms with Crippen LogP contribution < -0.4 is 4.90 Å². The number of para-hydroxylation sites is 1. The lowest BCUT2D eigenvalue weighted by Gasteiger charge is -2.40. The SMILES string of the molecule is N#Cc1ccccc1N1CC(F)(F)C1. The number of hydrogen-bond acceptors (Lipinski definition) is 2. The highest BCUT2D eigenvalue weighted by Gasteiger charge is 2.44. The molecule has 72 valence electrons. The van der Waals surface area contributed by atoms with Gasteiger partial charge in [0.25, 0.3) is 5.92 Å². The van der Waals surface area contributed by atoms with Gasteiger partial charge in [0.1, 0.15) is 6.07 Å². The molecule has 1 heterocycles. The highest BCUT2D eigenvalue weighted by Crippen LogP contribution is 2.33. The van der Waals surface area contributed by atoms with E-state index >= 15 is 0 Å². The predicted molar refractivity (Wildman–Crippen MR) is 48.3 cm³/mol. The molecule has 0 radical (unpaired) electrons. The Balaban J connectivity index is 2.23. The van der Waals surface area contributed by atoms with Crippen molar-refractivity contribution in [3.8, 4) is 6.07 Å². The monoisotopic (exact) mass is 194 g/mol. The van der Waals surface area contributed by atoms with Crippen molar-refractivity contribution in [2.75, 3.05) is 18.0 Å². The molecule has 1 fully saturated rings. The van der Waals surface area contributed by atoms with E-state index in [1.165, 1.54) is 4.90 Å². The number of rotatable bonds is 1. The van der Waals surface area contributed by atoms with Gasteiger partial charge in [-0.1, -0.05) is 12.1 Å². The second-order valence-electron chi connectivity index (χ2n) is 3.34. The molecule has 4 heteroatoms. The molecule has 0 spiro atoms. The van der Waals surface area contributed by atoms with Crippen LogP contribution in [0.15, 0.2) is 24.3 Å². The Morgan fingerprint density at radius 1 is 1.29 bits per heavy atom. The molecule has 0 aliphatic carbocycles. The van der Waals surface area contributed by atoms with Gasteiger partial charge in [-0.2, -0.15) is 5.26 Å². The molecule has 1 aliphatic rings. The third-order valence-corrected chi connectivity index (χ3v) is 2.21. The van der Waals surface area contributed by atoms with Crippen molar-refractivity contribution in [2.45, 2.75) is 5.92 Å². The summed E-state index contributed by atoms with van der Waals surface area (Å²) in [6.07, 6.45) is 0. The third kappa shape index (κ3) is 1.41. The van der Waals surface area contributed by atoms with Gasteiger partial charge in [-0.3, -0.25) is 0 Å². The number of hydrogen-bond donors (Lipinski definition) is 0. The van der Waals surface area contributed by atoms with Crippen LogP contribution in [0.5, 0.6) is 0 Å². The molecular formula is C10H8F2N2. The summed E-state index contributed by atoms with van der Waals surface area (Å²) < 4.78 is 25.2. The molecule has 0 amide bonds. The summed E-state index contributed by atoms with van der Waals surface area (Å²) in [5, 5.41) is 8.75. The quantitative estimate of drug-likeness (QED) is 0.683. The number of nitriles is 1. The van der Waals surface area contributed by atoms with Crippen molar-refractivity contribution < 1.29 is 8.78 Å². The molecule has 0 atom stereocenters. The number of anilines is 1. The standard InChI is InChI=1S/C10H8F2N2/c11-10(12)6-14(7-10)9-4-2-1-3-8(9)5-13/h1-4H,6-7H2. The van der Waals surface area contributed by atoms with E-state index in [4.69, 9.17) is 5.26 Å². The molecule has 2 rings (SSSR count). The van der Waals surface area contributed by atoms with Crippen LogP contribution in [0.2, 0.25) is 0 Å². The fourth-order valence-corrected chi connectivity index (χ4v) is 1.53. The molecule has 0 bridgehead atoms. The Morgan fingerprint density at radius 2 is 1.93 bits per heavy atom. The lowest BCUT2D eigenvalue weighted by molar-refractivity contribution is -0.0262. The summed E-state index contributed by atoms with van der Waals surface area (Å²) in [6.45, 7) is -0.572. The second-order valence-corrected chi connectivity index (χ2v) is 3.34. The van der Waals surface area contributed by atoms with Gasteiger partial charge in [-0.25, -0.2) is 8.78 Å². The van der Waals surface area contributed by atoms with Crippen LogP contribution in [0.1, 0.15) is 5.56 Å². The van der Waals surface area contributed by atoms with E-state index in [2.05, 4.69) is 0 Å². The minimum Gasteiger partial charge on any atom is -0.358 e. The van der Waals surface area contributed by atoms with Crippen LogP contribution >= 0.6 is 0 Å². The Hall–Kier alpha value is -1.63. The van der Waals surface area contributed by atoms with Crippen molar-refractivity contribution in [1.29, 1.82) is 5.26 Å². The van der Waals surface area contributed by atoms with Gasteiger partial charge in [-0.05, 0) is 12.1 Å². The van der Waals surface area contributed by atoms with Crippen molar-refractivity contribution in [2.24, 2.45) is 0 Å². The molecule has 1 aromatic carbocycles. The molecule has 0 unspecified atom stereocenters. The van der Waals surface area contributed by atoms with Crippen LogP contribution in [0.4, 0.5) is 14.5 Å². The third-order valence-electron chi connectivity index (χ3n) is 2.21. The summed E-state index contributed by atoms with van der Waals surface area (Å²) in [5.41, 5.74) is 1.05. The smallest absolute Gasteiger partial charge is 0.282 e. The molecule has 1 saturated heterocycles. The zero-order valence-electron chi connectivity index (χ0n) is 7.37. The molecule has 0 aromatic heterocycles. The topological polar surface area (TPSA) is 27.0 Å². The first-order chi connectivity index (χ1) is 6.62. The van der Waals surface area contributed by atoms with Gasteiger partial charge in [0.2, 0.25) is 0 Å². The Morgan fingerprint density at radius 3 is 2.50 bits per heavy atom. The van der Waals surface area contributed by atoms with Crippen molar-refractivity contribution >= 4 is 5.69 Å². The van der Waals surface area contributed by atoms with Crippen LogP contribution in [-0.4, -0.2) is 19.0 Å². The Kier molecular flexibility index (Phi) is 1.88. The van der Waals surface area contributed by atoms with E-state index in [0.717, 1.165) is 0 Å². The summed E-state index contributed by atoms with van der Waals surface area (Å²) >= 11 is 0. The lowest BCUT2D eigenvalue weighted by atomic mass is 10.1. The molecule has 1 aliphatic heterocycles. The normalized spacial score (nSPS) is 18.5. The van der Waals surface area contributed by atoms with E-state index in [0.29, 0.717) is 11.3 Å². The largest absolute Gasteiger partial charge is 0.358 e. The zero-order valence-corrected chi connectivity index (χ0v) is 7.37. The predicted octanol–water partition coefficient (Wildman–Crippen LogP) is 2.01. The number of alkyl halides is 2. The Bertz CT molecular complexity index is 387.